The Morgan fingerprint density at radius 2 is 2.22 bits per heavy atom. The largest absolute Gasteiger partial charge is 0.393 e. The van der Waals surface area contributed by atoms with Crippen LogP contribution in [-0.4, -0.2) is 24.3 Å². The van der Waals surface area contributed by atoms with Gasteiger partial charge < -0.3 is 10.0 Å². The Kier molecular flexibility index (Phi) is 3.29. The summed E-state index contributed by atoms with van der Waals surface area (Å²) in [5.41, 5.74) is 4.26. The molecule has 1 aliphatic carbocycles. The molecule has 1 aromatic carbocycles. The van der Waals surface area contributed by atoms with Crippen molar-refractivity contribution in [2.75, 3.05) is 18.0 Å². The second kappa shape index (κ2) is 4.93. The van der Waals surface area contributed by atoms with E-state index in [9.17, 15) is 5.11 Å². The summed E-state index contributed by atoms with van der Waals surface area (Å²) >= 11 is 0. The van der Waals surface area contributed by atoms with Crippen molar-refractivity contribution in [3.8, 4) is 0 Å². The lowest BCUT2D eigenvalue weighted by Crippen LogP contribution is -2.31. The Labute approximate surface area is 110 Å². The number of rotatable bonds is 4. The highest BCUT2D eigenvalue weighted by Gasteiger charge is 2.26. The fraction of sp³-hybridized carbons (Fsp3) is 0.625. The van der Waals surface area contributed by atoms with Crippen LogP contribution >= 0.6 is 0 Å². The van der Waals surface area contributed by atoms with Crippen LogP contribution in [0.1, 0.15) is 37.3 Å². The molecule has 0 amide bonds. The van der Waals surface area contributed by atoms with E-state index in [1.54, 1.807) is 0 Å². The van der Waals surface area contributed by atoms with E-state index < -0.39 is 0 Å². The maximum absolute atomic E-state index is 9.58. The molecule has 1 heterocycles. The molecule has 2 nitrogen and oxygen atoms in total. The zero-order valence-electron chi connectivity index (χ0n) is 11.2. The Balaban J connectivity index is 1.78. The molecule has 0 spiro atoms. The van der Waals surface area contributed by atoms with Crippen LogP contribution < -0.4 is 4.90 Å². The van der Waals surface area contributed by atoms with Crippen molar-refractivity contribution in [1.82, 2.24) is 0 Å². The van der Waals surface area contributed by atoms with E-state index in [-0.39, 0.29) is 6.10 Å². The number of benzene rings is 1. The first-order valence-electron chi connectivity index (χ1n) is 7.28. The van der Waals surface area contributed by atoms with Gasteiger partial charge in [-0.3, -0.25) is 0 Å². The van der Waals surface area contributed by atoms with E-state index in [0.29, 0.717) is 0 Å². The van der Waals surface area contributed by atoms with Crippen LogP contribution in [0.2, 0.25) is 0 Å². The number of aliphatic hydroxyl groups is 1. The maximum atomic E-state index is 9.58. The molecule has 1 fully saturated rings. The van der Waals surface area contributed by atoms with E-state index >= 15 is 0 Å². The molecule has 1 N–H and O–H groups in total. The predicted molar refractivity (Wildman–Crippen MR) is 75.1 cm³/mol. The Hall–Kier alpha value is -1.02. The van der Waals surface area contributed by atoms with Gasteiger partial charge in [-0.1, -0.05) is 18.6 Å². The van der Waals surface area contributed by atoms with E-state index in [4.69, 9.17) is 0 Å². The average Bonchev–Trinajstić information content (AvgIpc) is 2.67. The summed E-state index contributed by atoms with van der Waals surface area (Å²) in [7, 11) is 0. The molecule has 2 heteroatoms. The molecule has 0 aromatic heterocycles. The summed E-state index contributed by atoms with van der Waals surface area (Å²) in [6.45, 7) is 4.29. The fourth-order valence-electron chi connectivity index (χ4n) is 3.26. The van der Waals surface area contributed by atoms with Crippen molar-refractivity contribution in [1.29, 1.82) is 0 Å². The Morgan fingerprint density at radius 3 is 2.89 bits per heavy atom. The van der Waals surface area contributed by atoms with Crippen LogP contribution in [0.25, 0.3) is 0 Å². The minimum absolute atomic E-state index is 0.239. The molecule has 1 aliphatic heterocycles. The van der Waals surface area contributed by atoms with Gasteiger partial charge in [0.1, 0.15) is 0 Å². The number of anilines is 1. The summed E-state index contributed by atoms with van der Waals surface area (Å²) in [6, 6.07) is 6.58. The van der Waals surface area contributed by atoms with E-state index in [1.807, 2.05) is 6.92 Å². The Bertz CT molecular complexity index is 423. The molecular weight excluding hydrogens is 222 g/mol. The molecule has 98 valence electrons. The second-order valence-electron chi connectivity index (χ2n) is 5.96. The van der Waals surface area contributed by atoms with Gasteiger partial charge in [-0.25, -0.2) is 0 Å². The van der Waals surface area contributed by atoms with Crippen LogP contribution in [0.15, 0.2) is 18.2 Å². The lowest BCUT2D eigenvalue weighted by atomic mass is 9.85. The highest BCUT2D eigenvalue weighted by Crippen LogP contribution is 2.35. The predicted octanol–water partition coefficient (Wildman–Crippen LogP) is 2.77. The minimum Gasteiger partial charge on any atom is -0.393 e. The molecule has 1 unspecified atom stereocenters. The third-order valence-electron chi connectivity index (χ3n) is 4.44. The third kappa shape index (κ3) is 2.26. The first-order valence-corrected chi connectivity index (χ1v) is 7.28. The topological polar surface area (TPSA) is 23.5 Å². The average molecular weight is 245 g/mol. The number of hydrogen-bond donors (Lipinski definition) is 1. The quantitative estimate of drug-likeness (QED) is 0.881. The summed E-state index contributed by atoms with van der Waals surface area (Å²) in [4.78, 5) is 2.56. The van der Waals surface area contributed by atoms with E-state index in [0.717, 1.165) is 18.8 Å². The number of nitrogens with zero attached hydrogens (tertiary/aromatic N) is 1. The summed E-state index contributed by atoms with van der Waals surface area (Å²) in [5.74, 6) is 0.927. The van der Waals surface area contributed by atoms with Crippen molar-refractivity contribution < 1.29 is 5.11 Å². The van der Waals surface area contributed by atoms with E-state index in [1.165, 1.54) is 49.2 Å². The lowest BCUT2D eigenvalue weighted by molar-refractivity contribution is 0.195. The third-order valence-corrected chi connectivity index (χ3v) is 4.44. The van der Waals surface area contributed by atoms with Gasteiger partial charge in [0.2, 0.25) is 0 Å². The van der Waals surface area contributed by atoms with Crippen LogP contribution in [0, 0.1) is 5.92 Å². The molecule has 0 bridgehead atoms. The summed E-state index contributed by atoms with van der Waals surface area (Å²) < 4.78 is 0. The van der Waals surface area contributed by atoms with E-state index in [2.05, 4.69) is 23.1 Å². The van der Waals surface area contributed by atoms with Crippen molar-refractivity contribution in [3.63, 3.8) is 0 Å². The van der Waals surface area contributed by atoms with Gasteiger partial charge in [0.25, 0.3) is 0 Å². The molecule has 1 saturated carbocycles. The molecular formula is C16H23NO. The highest BCUT2D eigenvalue weighted by molar-refractivity contribution is 5.61. The zero-order valence-corrected chi connectivity index (χ0v) is 11.2. The molecule has 3 rings (SSSR count). The highest BCUT2D eigenvalue weighted by atomic mass is 16.3. The molecule has 0 saturated heterocycles. The summed E-state index contributed by atoms with van der Waals surface area (Å²) in [5, 5.41) is 9.58. The molecule has 18 heavy (non-hydrogen) atoms. The van der Waals surface area contributed by atoms with Gasteiger partial charge in [0, 0.05) is 18.8 Å². The molecule has 2 aliphatic rings. The van der Waals surface area contributed by atoms with Crippen LogP contribution in [0.5, 0.6) is 0 Å². The smallest absolute Gasteiger partial charge is 0.0552 e. The first kappa shape index (κ1) is 12.0. The lowest BCUT2D eigenvalue weighted by Gasteiger charge is -2.31. The number of aliphatic hydroxyl groups excluding tert-OH is 1. The van der Waals surface area contributed by atoms with Gasteiger partial charge >= 0.3 is 0 Å². The Morgan fingerprint density at radius 1 is 1.39 bits per heavy atom. The fourth-order valence-corrected chi connectivity index (χ4v) is 3.26. The zero-order chi connectivity index (χ0) is 12.5. The normalized spacial score (nSPS) is 20.7. The summed E-state index contributed by atoms with van der Waals surface area (Å²) in [6.07, 6.45) is 5.97. The van der Waals surface area contributed by atoms with Crippen molar-refractivity contribution in [2.24, 2.45) is 5.92 Å². The molecule has 1 atom stereocenters. The van der Waals surface area contributed by atoms with Gasteiger partial charge in [-0.15, -0.1) is 0 Å². The first-order chi connectivity index (χ1) is 8.74. The second-order valence-corrected chi connectivity index (χ2v) is 5.96. The number of fused-ring (bicyclic) bond motifs is 1. The molecule has 0 radical (unpaired) electrons. The van der Waals surface area contributed by atoms with Gasteiger partial charge in [0.05, 0.1) is 6.10 Å². The van der Waals surface area contributed by atoms with Crippen molar-refractivity contribution in [3.05, 3.63) is 29.3 Å². The van der Waals surface area contributed by atoms with Crippen molar-refractivity contribution in [2.45, 2.75) is 45.1 Å². The van der Waals surface area contributed by atoms with Gasteiger partial charge in [-0.2, -0.15) is 0 Å². The number of hydrogen-bond acceptors (Lipinski definition) is 2. The monoisotopic (exact) mass is 245 g/mol. The van der Waals surface area contributed by atoms with Gasteiger partial charge in [-0.05, 0) is 55.7 Å². The van der Waals surface area contributed by atoms with Crippen LogP contribution in [0.3, 0.4) is 0 Å². The van der Waals surface area contributed by atoms with Gasteiger partial charge in [0.15, 0.2) is 0 Å². The van der Waals surface area contributed by atoms with Crippen LogP contribution in [0.4, 0.5) is 5.69 Å². The standard InChI is InChI=1S/C16H23NO/c1-12(18)10-14-6-3-7-16-15(14)8-9-17(16)11-13-4-2-5-13/h3,6-7,12-13,18H,2,4-5,8-11H2,1H3. The van der Waals surface area contributed by atoms with Crippen LogP contribution in [-0.2, 0) is 12.8 Å². The SMILES string of the molecule is CC(O)Cc1cccc2c1CCN2CC1CCC1. The maximum Gasteiger partial charge on any atom is 0.0552 e. The molecule has 1 aromatic rings. The minimum atomic E-state index is -0.239. The van der Waals surface area contributed by atoms with Crippen molar-refractivity contribution >= 4 is 5.69 Å².